The molecule has 0 radical (unpaired) electrons. The highest BCUT2D eigenvalue weighted by atomic mass is 35.5. The van der Waals surface area contributed by atoms with Gasteiger partial charge >= 0.3 is 0 Å². The Bertz CT molecular complexity index is 582. The van der Waals surface area contributed by atoms with Gasteiger partial charge in [0.15, 0.2) is 5.82 Å². The molecule has 4 heteroatoms. The maximum atomic E-state index is 6.25. The van der Waals surface area contributed by atoms with Crippen LogP contribution in [0.25, 0.3) is 11.4 Å². The largest absolute Gasteiger partial charge is 0.370 e. The monoisotopic (exact) mass is 289 g/mol. The molecule has 0 atom stereocenters. The molecule has 0 aliphatic rings. The second kappa shape index (κ2) is 6.71. The van der Waals surface area contributed by atoms with Gasteiger partial charge in [-0.15, -0.1) is 0 Å². The third-order valence-corrected chi connectivity index (χ3v) is 3.20. The number of hydrogen-bond acceptors (Lipinski definition) is 3. The molecular weight excluding hydrogens is 270 g/mol. The molecule has 0 saturated heterocycles. The average molecular weight is 290 g/mol. The van der Waals surface area contributed by atoms with E-state index in [1.165, 1.54) is 0 Å². The number of aromatic nitrogens is 2. The van der Waals surface area contributed by atoms with Crippen molar-refractivity contribution >= 4 is 17.4 Å². The summed E-state index contributed by atoms with van der Waals surface area (Å²) >= 11 is 6.25. The fourth-order valence-corrected chi connectivity index (χ4v) is 2.28. The number of benzene rings is 1. The van der Waals surface area contributed by atoms with Crippen LogP contribution in [0.5, 0.6) is 0 Å². The van der Waals surface area contributed by atoms with Gasteiger partial charge in [0.1, 0.15) is 5.82 Å². The summed E-state index contributed by atoms with van der Waals surface area (Å²) in [6, 6.07) is 9.69. The van der Waals surface area contributed by atoms with E-state index in [4.69, 9.17) is 11.6 Å². The van der Waals surface area contributed by atoms with Gasteiger partial charge in [-0.1, -0.05) is 37.6 Å². The van der Waals surface area contributed by atoms with E-state index in [2.05, 4.69) is 36.1 Å². The van der Waals surface area contributed by atoms with E-state index in [9.17, 15) is 0 Å². The second-order valence-corrected chi connectivity index (χ2v) is 5.58. The lowest BCUT2D eigenvalue weighted by Gasteiger charge is -2.11. The smallest absolute Gasteiger partial charge is 0.163 e. The Balaban J connectivity index is 2.46. The van der Waals surface area contributed by atoms with Gasteiger partial charge in [-0.05, 0) is 31.4 Å². The maximum absolute atomic E-state index is 6.25. The van der Waals surface area contributed by atoms with E-state index in [1.807, 2.05) is 30.3 Å². The van der Waals surface area contributed by atoms with E-state index in [0.29, 0.717) is 16.8 Å². The summed E-state index contributed by atoms with van der Waals surface area (Å²) in [6.07, 6.45) is 0.929. The zero-order chi connectivity index (χ0) is 14.5. The molecule has 106 valence electrons. The Kier molecular flexibility index (Phi) is 4.96. The van der Waals surface area contributed by atoms with Crippen molar-refractivity contribution in [2.24, 2.45) is 5.92 Å². The zero-order valence-corrected chi connectivity index (χ0v) is 12.9. The van der Waals surface area contributed by atoms with Crippen LogP contribution in [-0.2, 0) is 6.42 Å². The van der Waals surface area contributed by atoms with Gasteiger partial charge in [0.05, 0.1) is 5.02 Å². The number of nitrogens with one attached hydrogen (secondary N) is 1. The van der Waals surface area contributed by atoms with Crippen LogP contribution in [-0.4, -0.2) is 16.5 Å². The van der Waals surface area contributed by atoms with Crippen molar-refractivity contribution in [1.82, 2.24) is 9.97 Å². The predicted molar refractivity (Wildman–Crippen MR) is 85.2 cm³/mol. The van der Waals surface area contributed by atoms with Crippen LogP contribution in [0.2, 0.25) is 5.02 Å². The van der Waals surface area contributed by atoms with Crippen molar-refractivity contribution in [3.63, 3.8) is 0 Å². The van der Waals surface area contributed by atoms with Crippen LogP contribution in [0.3, 0.4) is 0 Å². The molecule has 0 fully saturated rings. The molecule has 0 amide bonds. The number of anilines is 1. The normalized spacial score (nSPS) is 10.8. The highest BCUT2D eigenvalue weighted by Crippen LogP contribution is 2.26. The molecule has 1 heterocycles. The van der Waals surface area contributed by atoms with Crippen LogP contribution >= 0.6 is 11.6 Å². The van der Waals surface area contributed by atoms with Crippen LogP contribution in [0, 0.1) is 5.92 Å². The minimum atomic E-state index is 0.554. The first kappa shape index (κ1) is 14.8. The molecule has 0 spiro atoms. The summed E-state index contributed by atoms with van der Waals surface area (Å²) < 4.78 is 0. The van der Waals surface area contributed by atoms with Crippen molar-refractivity contribution in [3.8, 4) is 11.4 Å². The lowest BCUT2D eigenvalue weighted by atomic mass is 10.1. The van der Waals surface area contributed by atoms with Gasteiger partial charge in [-0.3, -0.25) is 0 Å². The average Bonchev–Trinajstić information content (AvgIpc) is 2.38. The molecule has 2 rings (SSSR count). The van der Waals surface area contributed by atoms with Gasteiger partial charge in [0, 0.05) is 23.9 Å². The fourth-order valence-electron chi connectivity index (χ4n) is 2.06. The maximum Gasteiger partial charge on any atom is 0.163 e. The third kappa shape index (κ3) is 3.70. The summed E-state index contributed by atoms with van der Waals surface area (Å²) in [5, 5.41) is 3.93. The molecule has 20 heavy (non-hydrogen) atoms. The highest BCUT2D eigenvalue weighted by molar-refractivity contribution is 6.33. The Labute approximate surface area is 125 Å². The Morgan fingerprint density at radius 2 is 1.95 bits per heavy atom. The van der Waals surface area contributed by atoms with E-state index in [-0.39, 0.29) is 0 Å². The first-order valence-electron chi connectivity index (χ1n) is 6.97. The Morgan fingerprint density at radius 3 is 2.60 bits per heavy atom. The topological polar surface area (TPSA) is 37.8 Å². The van der Waals surface area contributed by atoms with Crippen molar-refractivity contribution in [1.29, 1.82) is 0 Å². The summed E-state index contributed by atoms with van der Waals surface area (Å²) in [5.74, 6) is 2.09. The SMILES string of the molecule is CCNc1cc(CC(C)C)nc(-c2ccccc2Cl)n1. The molecule has 0 bridgehead atoms. The molecule has 1 N–H and O–H groups in total. The third-order valence-electron chi connectivity index (χ3n) is 2.87. The molecular formula is C16H20ClN3. The summed E-state index contributed by atoms with van der Waals surface area (Å²) in [5.41, 5.74) is 1.92. The number of nitrogens with zero attached hydrogens (tertiary/aromatic N) is 2. The minimum absolute atomic E-state index is 0.554. The van der Waals surface area contributed by atoms with Gasteiger partial charge in [0.25, 0.3) is 0 Å². The first-order valence-corrected chi connectivity index (χ1v) is 7.34. The molecule has 3 nitrogen and oxygen atoms in total. The van der Waals surface area contributed by atoms with Crippen LogP contribution in [0.15, 0.2) is 30.3 Å². The van der Waals surface area contributed by atoms with Gasteiger partial charge in [-0.2, -0.15) is 0 Å². The van der Waals surface area contributed by atoms with E-state index in [0.717, 1.165) is 30.0 Å². The van der Waals surface area contributed by atoms with Gasteiger partial charge in [-0.25, -0.2) is 9.97 Å². The lowest BCUT2D eigenvalue weighted by molar-refractivity contribution is 0.635. The minimum Gasteiger partial charge on any atom is -0.370 e. The van der Waals surface area contributed by atoms with Crippen molar-refractivity contribution in [2.75, 3.05) is 11.9 Å². The molecule has 1 aromatic carbocycles. The van der Waals surface area contributed by atoms with Crippen molar-refractivity contribution in [3.05, 3.63) is 41.0 Å². The second-order valence-electron chi connectivity index (χ2n) is 5.18. The van der Waals surface area contributed by atoms with E-state index < -0.39 is 0 Å². The fraction of sp³-hybridized carbons (Fsp3) is 0.375. The molecule has 0 aliphatic carbocycles. The first-order chi connectivity index (χ1) is 9.60. The van der Waals surface area contributed by atoms with Crippen molar-refractivity contribution < 1.29 is 0 Å². The van der Waals surface area contributed by atoms with E-state index in [1.54, 1.807) is 0 Å². The summed E-state index contributed by atoms with van der Waals surface area (Å²) in [4.78, 5) is 9.21. The van der Waals surface area contributed by atoms with Crippen molar-refractivity contribution in [2.45, 2.75) is 27.2 Å². The predicted octanol–water partition coefficient (Wildman–Crippen LogP) is 4.43. The van der Waals surface area contributed by atoms with Gasteiger partial charge < -0.3 is 5.32 Å². The molecule has 2 aromatic rings. The molecule has 1 aromatic heterocycles. The highest BCUT2D eigenvalue weighted by Gasteiger charge is 2.10. The standard InChI is InChI=1S/C16H20ClN3/c1-4-18-15-10-12(9-11(2)3)19-16(20-15)13-7-5-6-8-14(13)17/h5-8,10-11H,4,9H2,1-3H3,(H,18,19,20). The molecule has 0 aliphatic heterocycles. The summed E-state index contributed by atoms with van der Waals surface area (Å²) in [6.45, 7) is 7.26. The Morgan fingerprint density at radius 1 is 1.20 bits per heavy atom. The number of hydrogen-bond donors (Lipinski definition) is 1. The number of rotatable bonds is 5. The Hall–Kier alpha value is -1.61. The van der Waals surface area contributed by atoms with Crippen LogP contribution in [0.4, 0.5) is 5.82 Å². The van der Waals surface area contributed by atoms with Crippen LogP contribution in [0.1, 0.15) is 26.5 Å². The van der Waals surface area contributed by atoms with E-state index >= 15 is 0 Å². The summed E-state index contributed by atoms with van der Waals surface area (Å²) in [7, 11) is 0. The van der Waals surface area contributed by atoms with Gasteiger partial charge in [0.2, 0.25) is 0 Å². The zero-order valence-electron chi connectivity index (χ0n) is 12.2. The number of halogens is 1. The van der Waals surface area contributed by atoms with Crippen LogP contribution < -0.4 is 5.32 Å². The molecule has 0 saturated carbocycles. The molecule has 0 unspecified atom stereocenters. The quantitative estimate of drug-likeness (QED) is 0.885. The lowest BCUT2D eigenvalue weighted by Crippen LogP contribution is -2.06.